The molecule has 5 heteroatoms. The summed E-state index contributed by atoms with van der Waals surface area (Å²) in [5.74, 6) is -0.590. The number of amides is 1. The Bertz CT molecular complexity index is 330. The number of likely N-dealkylation sites (tertiary alicyclic amines) is 1. The topological polar surface area (TPSA) is 83.6 Å². The fourth-order valence-electron chi connectivity index (χ4n) is 2.45. The predicted octanol–water partition coefficient (Wildman–Crippen LogP) is 0.931. The molecule has 0 saturated carbocycles. The minimum atomic E-state index is -0.792. The average Bonchev–Trinajstić information content (AvgIpc) is 2.74. The summed E-state index contributed by atoms with van der Waals surface area (Å²) in [4.78, 5) is 25.2. The van der Waals surface area contributed by atoms with Crippen molar-refractivity contribution in [2.24, 2.45) is 23.0 Å². The van der Waals surface area contributed by atoms with Gasteiger partial charge in [-0.05, 0) is 24.8 Å². The molecule has 3 N–H and O–H groups in total. The first-order valence-electron chi connectivity index (χ1n) is 6.54. The first-order valence-corrected chi connectivity index (χ1v) is 6.54. The van der Waals surface area contributed by atoms with Gasteiger partial charge in [-0.3, -0.25) is 9.59 Å². The van der Waals surface area contributed by atoms with Crippen LogP contribution in [0.3, 0.4) is 0 Å². The van der Waals surface area contributed by atoms with Crippen molar-refractivity contribution in [3.8, 4) is 0 Å². The van der Waals surface area contributed by atoms with E-state index in [1.54, 1.807) is 4.90 Å². The van der Waals surface area contributed by atoms with Gasteiger partial charge in [-0.2, -0.15) is 0 Å². The van der Waals surface area contributed by atoms with E-state index in [0.29, 0.717) is 32.5 Å². The van der Waals surface area contributed by atoms with Crippen LogP contribution in [0.1, 0.15) is 33.6 Å². The van der Waals surface area contributed by atoms with Gasteiger partial charge in [-0.15, -0.1) is 0 Å². The summed E-state index contributed by atoms with van der Waals surface area (Å²) in [6.45, 7) is 7.10. The summed E-state index contributed by atoms with van der Waals surface area (Å²) in [7, 11) is 0. The maximum atomic E-state index is 12.0. The van der Waals surface area contributed by atoms with Crippen LogP contribution in [0.25, 0.3) is 0 Å². The lowest BCUT2D eigenvalue weighted by molar-refractivity contribution is -0.151. The molecule has 1 rings (SSSR count). The molecule has 0 radical (unpaired) electrons. The molecular weight excluding hydrogens is 232 g/mol. The summed E-state index contributed by atoms with van der Waals surface area (Å²) in [5, 5.41) is 9.40. The molecule has 1 heterocycles. The Morgan fingerprint density at radius 1 is 1.39 bits per heavy atom. The van der Waals surface area contributed by atoms with E-state index in [9.17, 15) is 14.7 Å². The highest BCUT2D eigenvalue weighted by Crippen LogP contribution is 2.38. The third-order valence-corrected chi connectivity index (χ3v) is 4.11. The Morgan fingerprint density at radius 2 is 2.00 bits per heavy atom. The fourth-order valence-corrected chi connectivity index (χ4v) is 2.45. The molecular formula is C13H24N2O3. The van der Waals surface area contributed by atoms with Crippen LogP contribution in [0, 0.1) is 17.3 Å². The second-order valence-corrected chi connectivity index (χ2v) is 5.73. The van der Waals surface area contributed by atoms with Crippen LogP contribution in [0.15, 0.2) is 0 Å². The molecule has 18 heavy (non-hydrogen) atoms. The smallest absolute Gasteiger partial charge is 0.311 e. The number of carbonyl (C=O) groups excluding carboxylic acids is 1. The lowest BCUT2D eigenvalue weighted by atomic mass is 9.76. The molecule has 1 fully saturated rings. The van der Waals surface area contributed by atoms with Crippen LogP contribution in [-0.4, -0.2) is 41.5 Å². The molecule has 0 spiro atoms. The maximum Gasteiger partial charge on any atom is 0.311 e. The quantitative estimate of drug-likeness (QED) is 0.766. The monoisotopic (exact) mass is 256 g/mol. The number of hydrogen-bond donors (Lipinski definition) is 2. The fraction of sp³-hybridized carbons (Fsp3) is 0.846. The molecule has 1 aliphatic rings. The van der Waals surface area contributed by atoms with E-state index in [4.69, 9.17) is 5.73 Å². The zero-order valence-electron chi connectivity index (χ0n) is 11.5. The van der Waals surface area contributed by atoms with E-state index in [-0.39, 0.29) is 17.7 Å². The number of aliphatic carboxylic acids is 1. The number of nitrogens with zero attached hydrogens (tertiary/aromatic N) is 1. The van der Waals surface area contributed by atoms with E-state index in [0.717, 1.165) is 0 Å². The van der Waals surface area contributed by atoms with Crippen molar-refractivity contribution >= 4 is 11.9 Å². The van der Waals surface area contributed by atoms with Gasteiger partial charge in [0.25, 0.3) is 0 Å². The van der Waals surface area contributed by atoms with Crippen molar-refractivity contribution in [1.82, 2.24) is 4.90 Å². The number of carbonyl (C=O) groups is 2. The van der Waals surface area contributed by atoms with Gasteiger partial charge >= 0.3 is 5.97 Å². The average molecular weight is 256 g/mol. The third-order valence-electron chi connectivity index (χ3n) is 4.11. The van der Waals surface area contributed by atoms with Crippen LogP contribution in [0.2, 0.25) is 0 Å². The molecule has 0 aromatic heterocycles. The number of nitrogens with two attached hydrogens (primary N) is 1. The zero-order valence-corrected chi connectivity index (χ0v) is 11.5. The highest BCUT2D eigenvalue weighted by molar-refractivity contribution is 5.81. The van der Waals surface area contributed by atoms with Gasteiger partial charge in [0.15, 0.2) is 0 Å². The first-order chi connectivity index (χ1) is 8.33. The predicted molar refractivity (Wildman–Crippen MR) is 68.9 cm³/mol. The Kier molecular flexibility index (Phi) is 4.73. The Hall–Kier alpha value is -1.10. The molecule has 1 aliphatic heterocycles. The van der Waals surface area contributed by atoms with Crippen molar-refractivity contribution in [2.75, 3.05) is 19.6 Å². The summed E-state index contributed by atoms with van der Waals surface area (Å²) in [6, 6.07) is 0. The Labute approximate surface area is 108 Å². The van der Waals surface area contributed by atoms with Crippen molar-refractivity contribution in [1.29, 1.82) is 0 Å². The molecule has 0 aromatic rings. The number of rotatable bonds is 5. The molecule has 104 valence electrons. The first kappa shape index (κ1) is 15.0. The molecule has 5 nitrogen and oxygen atoms in total. The molecule has 0 aliphatic carbocycles. The van der Waals surface area contributed by atoms with Gasteiger partial charge in [0, 0.05) is 19.5 Å². The maximum absolute atomic E-state index is 12.0. The second-order valence-electron chi connectivity index (χ2n) is 5.73. The van der Waals surface area contributed by atoms with Gasteiger partial charge < -0.3 is 15.7 Å². The lowest BCUT2D eigenvalue weighted by Gasteiger charge is -2.28. The van der Waals surface area contributed by atoms with Crippen molar-refractivity contribution < 1.29 is 14.7 Å². The largest absolute Gasteiger partial charge is 0.481 e. The molecule has 2 atom stereocenters. The van der Waals surface area contributed by atoms with Crippen LogP contribution >= 0.6 is 0 Å². The van der Waals surface area contributed by atoms with E-state index in [2.05, 4.69) is 0 Å². The van der Waals surface area contributed by atoms with Crippen LogP contribution < -0.4 is 5.73 Å². The molecule has 2 unspecified atom stereocenters. The van der Waals surface area contributed by atoms with Crippen LogP contribution in [-0.2, 0) is 9.59 Å². The highest BCUT2D eigenvalue weighted by Gasteiger charge is 2.48. The van der Waals surface area contributed by atoms with Gasteiger partial charge in [-0.1, -0.05) is 20.8 Å². The zero-order chi connectivity index (χ0) is 13.9. The molecule has 0 bridgehead atoms. The Balaban J connectivity index is 2.70. The van der Waals surface area contributed by atoms with Crippen molar-refractivity contribution in [2.45, 2.75) is 33.6 Å². The van der Waals surface area contributed by atoms with Crippen LogP contribution in [0.5, 0.6) is 0 Å². The molecule has 1 saturated heterocycles. The lowest BCUT2D eigenvalue weighted by Crippen LogP contribution is -2.41. The SMILES string of the molecule is CC(CN)CC(=O)N1CCC(C(=O)O)(C(C)C)C1. The highest BCUT2D eigenvalue weighted by atomic mass is 16.4. The summed E-state index contributed by atoms with van der Waals surface area (Å²) >= 11 is 0. The number of hydrogen-bond acceptors (Lipinski definition) is 3. The van der Waals surface area contributed by atoms with Gasteiger partial charge in [0.05, 0.1) is 5.41 Å². The van der Waals surface area contributed by atoms with Gasteiger partial charge in [0.2, 0.25) is 5.91 Å². The van der Waals surface area contributed by atoms with Gasteiger partial charge in [0.1, 0.15) is 0 Å². The normalized spacial score (nSPS) is 25.5. The second kappa shape index (κ2) is 5.69. The van der Waals surface area contributed by atoms with E-state index in [1.165, 1.54) is 0 Å². The van der Waals surface area contributed by atoms with Crippen molar-refractivity contribution in [3.63, 3.8) is 0 Å². The Morgan fingerprint density at radius 3 is 2.39 bits per heavy atom. The standard InChI is InChI=1S/C13H24N2O3/c1-9(2)13(12(17)18)4-5-15(8-13)11(16)6-10(3)7-14/h9-10H,4-8,14H2,1-3H3,(H,17,18). The molecule has 1 amide bonds. The van der Waals surface area contributed by atoms with Crippen molar-refractivity contribution in [3.05, 3.63) is 0 Å². The number of carboxylic acids is 1. The summed E-state index contributed by atoms with van der Waals surface area (Å²) in [5.41, 5.74) is 4.73. The van der Waals surface area contributed by atoms with E-state index >= 15 is 0 Å². The van der Waals surface area contributed by atoms with E-state index in [1.807, 2.05) is 20.8 Å². The van der Waals surface area contributed by atoms with Gasteiger partial charge in [-0.25, -0.2) is 0 Å². The third kappa shape index (κ3) is 2.83. The summed E-state index contributed by atoms with van der Waals surface area (Å²) in [6.07, 6.45) is 0.951. The van der Waals surface area contributed by atoms with Crippen LogP contribution in [0.4, 0.5) is 0 Å². The number of carboxylic acid groups (broad SMARTS) is 1. The van der Waals surface area contributed by atoms with E-state index < -0.39 is 11.4 Å². The minimum absolute atomic E-state index is 0.0247. The summed E-state index contributed by atoms with van der Waals surface area (Å²) < 4.78 is 0. The molecule has 0 aromatic carbocycles. The minimum Gasteiger partial charge on any atom is -0.481 e.